The summed E-state index contributed by atoms with van der Waals surface area (Å²) in [5, 5.41) is 6.26. The van der Waals surface area contributed by atoms with Gasteiger partial charge in [-0.1, -0.05) is 56.3 Å². The zero-order valence-corrected chi connectivity index (χ0v) is 18.9. The first kappa shape index (κ1) is 22.2. The van der Waals surface area contributed by atoms with E-state index in [-0.39, 0.29) is 29.8 Å². The third-order valence-corrected chi connectivity index (χ3v) is 5.90. The summed E-state index contributed by atoms with van der Waals surface area (Å²) in [6, 6.07) is 17.5. The van der Waals surface area contributed by atoms with Crippen molar-refractivity contribution in [1.29, 1.82) is 0 Å². The Balaban J connectivity index is 1.64. The van der Waals surface area contributed by atoms with Crippen LogP contribution in [0, 0.1) is 5.92 Å². The van der Waals surface area contributed by atoms with Crippen LogP contribution in [0.5, 0.6) is 0 Å². The lowest BCUT2D eigenvalue weighted by molar-refractivity contribution is -0.148. The molecule has 0 radical (unpaired) electrons. The summed E-state index contributed by atoms with van der Waals surface area (Å²) in [7, 11) is 0. The highest BCUT2D eigenvalue weighted by atomic mass is 16.8. The minimum Gasteiger partial charge on any atom is -0.343 e. The Morgan fingerprint density at radius 3 is 1.84 bits per heavy atom. The molecule has 1 heterocycles. The fraction of sp³-hybridized carbons (Fsp3) is 0.385. The fourth-order valence-electron chi connectivity index (χ4n) is 4.43. The topological polar surface area (TPSA) is 76.7 Å². The van der Waals surface area contributed by atoms with E-state index in [0.29, 0.717) is 11.1 Å². The van der Waals surface area contributed by atoms with Gasteiger partial charge in [0, 0.05) is 11.1 Å². The first-order valence-electron chi connectivity index (χ1n) is 11.0. The Bertz CT molecular complexity index is 1000. The summed E-state index contributed by atoms with van der Waals surface area (Å²) in [5.74, 6) is -1.03. The number of hydrogen-bond donors (Lipinski definition) is 2. The molecule has 2 aromatic carbocycles. The van der Waals surface area contributed by atoms with Crippen LogP contribution in [-0.2, 0) is 9.47 Å². The lowest BCUT2D eigenvalue weighted by Gasteiger charge is -2.38. The van der Waals surface area contributed by atoms with Crippen LogP contribution in [0.4, 0.5) is 0 Å². The molecule has 1 fully saturated rings. The van der Waals surface area contributed by atoms with Crippen LogP contribution < -0.4 is 10.6 Å². The van der Waals surface area contributed by atoms with Gasteiger partial charge in [-0.3, -0.25) is 9.59 Å². The van der Waals surface area contributed by atoms with E-state index < -0.39 is 18.0 Å². The molecule has 0 bridgehead atoms. The number of nitrogens with one attached hydrogen (secondary N) is 2. The largest absolute Gasteiger partial charge is 0.343 e. The van der Waals surface area contributed by atoms with Crippen molar-refractivity contribution in [3.8, 4) is 0 Å². The normalized spacial score (nSPS) is 26.2. The molecule has 2 aliphatic rings. The Labute approximate surface area is 189 Å². The van der Waals surface area contributed by atoms with Gasteiger partial charge >= 0.3 is 0 Å². The zero-order chi connectivity index (χ0) is 22.9. The number of amides is 2. The van der Waals surface area contributed by atoms with Gasteiger partial charge in [0.2, 0.25) is 0 Å². The van der Waals surface area contributed by atoms with Crippen LogP contribution >= 0.6 is 0 Å². The van der Waals surface area contributed by atoms with Crippen molar-refractivity contribution in [2.24, 2.45) is 5.92 Å². The highest BCUT2D eigenvalue weighted by molar-refractivity contribution is 5.95. The number of carbonyl (C=O) groups excluding carboxylic acids is 2. The first-order chi connectivity index (χ1) is 15.2. The fourth-order valence-corrected chi connectivity index (χ4v) is 4.43. The summed E-state index contributed by atoms with van der Waals surface area (Å²) >= 11 is 0. The van der Waals surface area contributed by atoms with E-state index in [1.165, 1.54) is 0 Å². The summed E-state index contributed by atoms with van der Waals surface area (Å²) < 4.78 is 12.5. The number of benzene rings is 2. The number of carbonyl (C=O) groups is 2. The van der Waals surface area contributed by atoms with Crippen molar-refractivity contribution >= 4 is 11.8 Å². The van der Waals surface area contributed by atoms with E-state index >= 15 is 0 Å². The molecule has 0 spiro atoms. The average molecular weight is 435 g/mol. The third kappa shape index (κ3) is 4.61. The van der Waals surface area contributed by atoms with Gasteiger partial charge in [-0.2, -0.15) is 0 Å². The molecule has 1 aliphatic heterocycles. The van der Waals surface area contributed by atoms with Gasteiger partial charge in [-0.05, 0) is 49.6 Å². The quantitative estimate of drug-likeness (QED) is 0.704. The maximum Gasteiger partial charge on any atom is 0.251 e. The van der Waals surface area contributed by atoms with Gasteiger partial charge in [0.15, 0.2) is 5.79 Å². The van der Waals surface area contributed by atoms with Crippen molar-refractivity contribution in [2.75, 3.05) is 0 Å². The van der Waals surface area contributed by atoms with Crippen molar-refractivity contribution in [1.82, 2.24) is 10.6 Å². The van der Waals surface area contributed by atoms with Crippen LogP contribution in [0.15, 0.2) is 72.3 Å². The number of fused-ring (bicyclic) bond motifs is 1. The molecule has 0 aromatic heterocycles. The molecule has 1 saturated heterocycles. The standard InChI is InChI=1S/C26H30N2O4/c1-16(2)19-15-20(27-24(29)17-11-7-5-8-12-17)22-23(32-26(3,4)31-22)21(19)28-25(30)18-13-9-6-10-14-18/h5-16,20-23H,1-4H3,(H,27,29)(H,28,30)/t20-,21+,22+,23-/m0/s1. The van der Waals surface area contributed by atoms with Crippen LogP contribution in [-0.4, -0.2) is 41.9 Å². The van der Waals surface area contributed by atoms with E-state index in [1.807, 2.05) is 56.3 Å². The lowest BCUT2D eigenvalue weighted by Crippen LogP contribution is -2.58. The van der Waals surface area contributed by atoms with Gasteiger partial charge < -0.3 is 20.1 Å². The molecule has 4 atom stereocenters. The van der Waals surface area contributed by atoms with E-state index in [9.17, 15) is 9.59 Å². The number of ether oxygens (including phenoxy) is 2. The molecule has 0 saturated carbocycles. The number of hydrogen-bond acceptors (Lipinski definition) is 4. The predicted octanol–water partition coefficient (Wildman–Crippen LogP) is 3.70. The highest BCUT2D eigenvalue weighted by Gasteiger charge is 2.52. The smallest absolute Gasteiger partial charge is 0.251 e. The van der Waals surface area contributed by atoms with Crippen LogP contribution in [0.25, 0.3) is 0 Å². The molecule has 2 aromatic rings. The molecule has 32 heavy (non-hydrogen) atoms. The predicted molar refractivity (Wildman–Crippen MR) is 122 cm³/mol. The Kier molecular flexibility index (Phi) is 6.17. The third-order valence-electron chi connectivity index (χ3n) is 5.90. The molecule has 2 amide bonds. The molecule has 2 N–H and O–H groups in total. The molecule has 1 aliphatic carbocycles. The minimum atomic E-state index is -0.832. The van der Waals surface area contributed by atoms with E-state index in [1.54, 1.807) is 24.3 Å². The van der Waals surface area contributed by atoms with Gasteiger partial charge in [-0.25, -0.2) is 0 Å². The zero-order valence-electron chi connectivity index (χ0n) is 18.9. The molecule has 0 unspecified atom stereocenters. The van der Waals surface area contributed by atoms with Crippen molar-refractivity contribution in [3.63, 3.8) is 0 Å². The van der Waals surface area contributed by atoms with Crippen LogP contribution in [0.3, 0.4) is 0 Å². The van der Waals surface area contributed by atoms with Gasteiger partial charge in [-0.15, -0.1) is 0 Å². The Morgan fingerprint density at radius 1 is 0.812 bits per heavy atom. The van der Waals surface area contributed by atoms with E-state index in [2.05, 4.69) is 24.5 Å². The van der Waals surface area contributed by atoms with Crippen molar-refractivity contribution < 1.29 is 19.1 Å². The highest BCUT2D eigenvalue weighted by Crippen LogP contribution is 2.39. The second kappa shape index (κ2) is 8.88. The van der Waals surface area contributed by atoms with E-state index in [0.717, 1.165) is 5.57 Å². The molecular weight excluding hydrogens is 404 g/mol. The Morgan fingerprint density at radius 2 is 1.31 bits per heavy atom. The summed E-state index contributed by atoms with van der Waals surface area (Å²) in [6.07, 6.45) is 1.16. The Hall–Kier alpha value is -2.96. The summed E-state index contributed by atoms with van der Waals surface area (Å²) in [4.78, 5) is 25.8. The van der Waals surface area contributed by atoms with Crippen molar-refractivity contribution in [3.05, 3.63) is 83.4 Å². The SMILES string of the molecule is CC(C)C1=C[C@H](NC(=O)c2ccccc2)[C@H]2OC(C)(C)O[C@H]2[C@@H]1NC(=O)c1ccccc1. The second-order valence-electron chi connectivity index (χ2n) is 9.07. The summed E-state index contributed by atoms with van der Waals surface area (Å²) in [5.41, 5.74) is 2.18. The maximum absolute atomic E-state index is 13.0. The molecule has 4 rings (SSSR count). The maximum atomic E-state index is 13.0. The molecule has 168 valence electrons. The van der Waals surface area contributed by atoms with Crippen LogP contribution in [0.1, 0.15) is 48.4 Å². The monoisotopic (exact) mass is 434 g/mol. The second-order valence-corrected chi connectivity index (χ2v) is 9.07. The molecule has 6 nitrogen and oxygen atoms in total. The molecule has 6 heteroatoms. The molecular formula is C26H30N2O4. The van der Waals surface area contributed by atoms with E-state index in [4.69, 9.17) is 9.47 Å². The van der Waals surface area contributed by atoms with Crippen LogP contribution in [0.2, 0.25) is 0 Å². The first-order valence-corrected chi connectivity index (χ1v) is 11.0. The average Bonchev–Trinajstić information content (AvgIpc) is 3.11. The minimum absolute atomic E-state index is 0.139. The van der Waals surface area contributed by atoms with Gasteiger partial charge in [0.05, 0.1) is 12.1 Å². The number of rotatable bonds is 5. The van der Waals surface area contributed by atoms with Crippen molar-refractivity contribution in [2.45, 2.75) is 57.8 Å². The lowest BCUT2D eigenvalue weighted by atomic mass is 9.81. The summed E-state index contributed by atoms with van der Waals surface area (Å²) in [6.45, 7) is 7.86. The van der Waals surface area contributed by atoms with Gasteiger partial charge in [0.25, 0.3) is 11.8 Å². The van der Waals surface area contributed by atoms with Gasteiger partial charge in [0.1, 0.15) is 12.2 Å².